The fourth-order valence-electron chi connectivity index (χ4n) is 2.28. The van der Waals surface area contributed by atoms with E-state index >= 15 is 0 Å². The van der Waals surface area contributed by atoms with Gasteiger partial charge >= 0.3 is 0 Å². The van der Waals surface area contributed by atoms with Crippen LogP contribution in [-0.4, -0.2) is 29.8 Å². The predicted molar refractivity (Wildman–Crippen MR) is 83.4 cm³/mol. The van der Waals surface area contributed by atoms with Crippen LogP contribution >= 0.6 is 27.3 Å². The molecule has 20 heavy (non-hydrogen) atoms. The van der Waals surface area contributed by atoms with E-state index in [1.165, 1.54) is 6.08 Å². The Hall–Kier alpha value is -1.14. The first kappa shape index (κ1) is 15.3. The van der Waals surface area contributed by atoms with Crippen LogP contribution in [-0.2, 0) is 16.1 Å². The van der Waals surface area contributed by atoms with Crippen molar-refractivity contribution < 1.29 is 9.59 Å². The lowest BCUT2D eigenvalue weighted by Gasteiger charge is -2.31. The molecule has 108 valence electrons. The van der Waals surface area contributed by atoms with Crippen molar-refractivity contribution in [1.82, 2.24) is 10.2 Å². The maximum atomic E-state index is 12.2. The molecule has 2 rings (SSSR count). The number of piperidine rings is 1. The summed E-state index contributed by atoms with van der Waals surface area (Å²) in [7, 11) is 0. The minimum Gasteiger partial charge on any atom is -0.351 e. The molecule has 0 saturated carbocycles. The fraction of sp³-hybridized carbons (Fsp3) is 0.429. The number of carbonyl (C=O) groups is 2. The van der Waals surface area contributed by atoms with E-state index in [-0.39, 0.29) is 17.7 Å². The molecule has 1 atom stereocenters. The average molecular weight is 357 g/mol. The molecule has 1 aliphatic rings. The average Bonchev–Trinajstić information content (AvgIpc) is 2.89. The van der Waals surface area contributed by atoms with E-state index in [1.54, 1.807) is 16.2 Å². The van der Waals surface area contributed by atoms with Crippen molar-refractivity contribution in [2.24, 2.45) is 5.92 Å². The van der Waals surface area contributed by atoms with Crippen molar-refractivity contribution >= 4 is 39.1 Å². The summed E-state index contributed by atoms with van der Waals surface area (Å²) in [5.74, 6) is -0.193. The van der Waals surface area contributed by atoms with Crippen molar-refractivity contribution in [3.05, 3.63) is 33.5 Å². The monoisotopic (exact) mass is 356 g/mol. The van der Waals surface area contributed by atoms with Gasteiger partial charge in [0.25, 0.3) is 0 Å². The van der Waals surface area contributed by atoms with Crippen LogP contribution in [0.2, 0.25) is 0 Å². The lowest BCUT2D eigenvalue weighted by molar-refractivity contribution is -0.132. The fourth-order valence-corrected chi connectivity index (χ4v) is 3.72. The van der Waals surface area contributed by atoms with E-state index in [2.05, 4.69) is 27.8 Å². The van der Waals surface area contributed by atoms with Gasteiger partial charge in [-0.3, -0.25) is 9.59 Å². The highest BCUT2D eigenvalue weighted by molar-refractivity contribution is 9.10. The molecule has 0 aromatic carbocycles. The Morgan fingerprint density at radius 1 is 1.60 bits per heavy atom. The minimum atomic E-state index is -0.119. The number of hydrogen-bond acceptors (Lipinski definition) is 3. The first-order valence-corrected chi connectivity index (χ1v) is 8.20. The lowest BCUT2D eigenvalue weighted by atomic mass is 9.97. The molecule has 0 radical (unpaired) electrons. The molecule has 1 aromatic heterocycles. The van der Waals surface area contributed by atoms with Gasteiger partial charge in [0.05, 0.1) is 12.5 Å². The highest BCUT2D eigenvalue weighted by Crippen LogP contribution is 2.23. The van der Waals surface area contributed by atoms with E-state index < -0.39 is 0 Å². The van der Waals surface area contributed by atoms with Gasteiger partial charge in [0, 0.05) is 22.4 Å². The normalized spacial score (nSPS) is 18.6. The number of likely N-dealkylation sites (tertiary alicyclic amines) is 1. The number of halogens is 1. The number of rotatable bonds is 4. The predicted octanol–water partition coefficient (Wildman–Crippen LogP) is 2.55. The molecule has 0 spiro atoms. The second-order valence-electron chi connectivity index (χ2n) is 4.74. The molecule has 1 unspecified atom stereocenters. The van der Waals surface area contributed by atoms with E-state index in [0.717, 1.165) is 22.2 Å². The molecule has 0 aliphatic carbocycles. The van der Waals surface area contributed by atoms with Gasteiger partial charge in [-0.15, -0.1) is 11.3 Å². The smallest absolute Gasteiger partial charge is 0.245 e. The van der Waals surface area contributed by atoms with Crippen LogP contribution in [0.4, 0.5) is 0 Å². The van der Waals surface area contributed by atoms with Gasteiger partial charge in [-0.25, -0.2) is 0 Å². The molecule has 0 bridgehead atoms. The van der Waals surface area contributed by atoms with Crippen LogP contribution < -0.4 is 5.32 Å². The highest BCUT2D eigenvalue weighted by atomic mass is 79.9. The van der Waals surface area contributed by atoms with E-state index in [4.69, 9.17) is 0 Å². The summed E-state index contributed by atoms with van der Waals surface area (Å²) in [5, 5.41) is 4.93. The Labute approximate surface area is 131 Å². The quantitative estimate of drug-likeness (QED) is 0.842. The molecule has 2 amide bonds. The minimum absolute atomic E-state index is 0.0202. The third-order valence-corrected chi connectivity index (χ3v) is 5.32. The van der Waals surface area contributed by atoms with Crippen LogP contribution in [0.25, 0.3) is 0 Å². The van der Waals surface area contributed by atoms with Gasteiger partial charge in [0.15, 0.2) is 0 Å². The zero-order chi connectivity index (χ0) is 14.5. The number of amides is 2. The highest BCUT2D eigenvalue weighted by Gasteiger charge is 2.27. The van der Waals surface area contributed by atoms with Gasteiger partial charge in [-0.2, -0.15) is 0 Å². The number of nitrogens with one attached hydrogen (secondary N) is 1. The number of hydrogen-bond donors (Lipinski definition) is 1. The third kappa shape index (κ3) is 3.70. The van der Waals surface area contributed by atoms with Gasteiger partial charge in [-0.1, -0.05) is 6.58 Å². The molecular weight excluding hydrogens is 340 g/mol. The van der Waals surface area contributed by atoms with E-state index in [9.17, 15) is 9.59 Å². The third-order valence-electron chi connectivity index (χ3n) is 3.39. The van der Waals surface area contributed by atoms with Gasteiger partial charge < -0.3 is 10.2 Å². The summed E-state index contributed by atoms with van der Waals surface area (Å²) in [5.41, 5.74) is 0. The van der Waals surface area contributed by atoms with Crippen LogP contribution in [0.15, 0.2) is 28.6 Å². The van der Waals surface area contributed by atoms with E-state index in [0.29, 0.717) is 19.6 Å². The van der Waals surface area contributed by atoms with Gasteiger partial charge in [0.1, 0.15) is 0 Å². The molecule has 6 heteroatoms. The molecule has 1 N–H and O–H groups in total. The molecule has 4 nitrogen and oxygen atoms in total. The van der Waals surface area contributed by atoms with Gasteiger partial charge in [0.2, 0.25) is 11.8 Å². The van der Waals surface area contributed by atoms with Crippen molar-refractivity contribution in [3.8, 4) is 0 Å². The van der Waals surface area contributed by atoms with Crippen LogP contribution in [0.5, 0.6) is 0 Å². The number of carbonyl (C=O) groups excluding carboxylic acids is 2. The zero-order valence-electron chi connectivity index (χ0n) is 11.1. The molecule has 2 heterocycles. The van der Waals surface area contributed by atoms with Crippen molar-refractivity contribution in [1.29, 1.82) is 0 Å². The van der Waals surface area contributed by atoms with Crippen LogP contribution in [0.3, 0.4) is 0 Å². The standard InChI is InChI=1S/C14H17BrN2O2S/c1-2-13(18)17-6-3-4-10(9-17)14(19)16-8-12-11(15)5-7-20-12/h2,5,7,10H,1,3-4,6,8-9H2,(H,16,19). The number of thiophene rings is 1. The number of nitrogens with zero attached hydrogens (tertiary/aromatic N) is 1. The second-order valence-corrected chi connectivity index (χ2v) is 6.59. The molecular formula is C14H17BrN2O2S. The van der Waals surface area contributed by atoms with E-state index in [1.807, 2.05) is 11.4 Å². The lowest BCUT2D eigenvalue weighted by Crippen LogP contribution is -2.44. The summed E-state index contributed by atoms with van der Waals surface area (Å²) >= 11 is 5.05. The Kier molecular flexibility index (Phi) is 5.37. The Bertz CT molecular complexity index is 515. The Morgan fingerprint density at radius 3 is 3.05 bits per heavy atom. The maximum Gasteiger partial charge on any atom is 0.245 e. The topological polar surface area (TPSA) is 49.4 Å². The largest absolute Gasteiger partial charge is 0.351 e. The summed E-state index contributed by atoms with van der Waals surface area (Å²) in [6.45, 7) is 5.22. The molecule has 1 aliphatic heterocycles. The molecule has 1 saturated heterocycles. The summed E-state index contributed by atoms with van der Waals surface area (Å²) < 4.78 is 1.02. The Morgan fingerprint density at radius 2 is 2.40 bits per heavy atom. The van der Waals surface area contributed by atoms with Crippen LogP contribution in [0, 0.1) is 5.92 Å². The SMILES string of the molecule is C=CC(=O)N1CCCC(C(=O)NCc2sccc2Br)C1. The maximum absolute atomic E-state index is 12.2. The van der Waals surface area contributed by atoms with Gasteiger partial charge in [-0.05, 0) is 46.3 Å². The zero-order valence-corrected chi connectivity index (χ0v) is 13.5. The Balaban J connectivity index is 1.87. The summed E-state index contributed by atoms with van der Waals surface area (Å²) in [4.78, 5) is 26.6. The summed E-state index contributed by atoms with van der Waals surface area (Å²) in [6.07, 6.45) is 3.00. The summed E-state index contributed by atoms with van der Waals surface area (Å²) in [6, 6.07) is 1.97. The molecule has 1 aromatic rings. The van der Waals surface area contributed by atoms with Crippen LogP contribution in [0.1, 0.15) is 17.7 Å². The van der Waals surface area contributed by atoms with Crippen molar-refractivity contribution in [3.63, 3.8) is 0 Å². The molecule has 1 fully saturated rings. The van der Waals surface area contributed by atoms with Crippen molar-refractivity contribution in [2.75, 3.05) is 13.1 Å². The first-order valence-electron chi connectivity index (χ1n) is 6.52. The second kappa shape index (κ2) is 7.04. The van der Waals surface area contributed by atoms with Crippen molar-refractivity contribution in [2.45, 2.75) is 19.4 Å². The first-order chi connectivity index (χ1) is 9.61.